The van der Waals surface area contributed by atoms with Gasteiger partial charge in [-0.05, 0) is 36.8 Å². The van der Waals surface area contributed by atoms with Crippen LogP contribution in [-0.4, -0.2) is 26.6 Å². The third kappa shape index (κ3) is 2.89. The summed E-state index contributed by atoms with van der Waals surface area (Å²) in [7, 11) is 0. The zero-order valence-electron chi connectivity index (χ0n) is 13.2. The molecule has 0 bridgehead atoms. The Morgan fingerprint density at radius 2 is 2.00 bits per heavy atom. The van der Waals surface area contributed by atoms with E-state index >= 15 is 0 Å². The molecule has 128 valence electrons. The summed E-state index contributed by atoms with van der Waals surface area (Å²) in [4.78, 5) is 36.0. The molecule has 1 N–H and O–H groups in total. The van der Waals surface area contributed by atoms with Crippen LogP contribution in [0.25, 0.3) is 0 Å². The molecule has 3 rings (SSSR count). The summed E-state index contributed by atoms with van der Waals surface area (Å²) in [6.07, 6.45) is 1.45. The fourth-order valence-corrected chi connectivity index (χ4v) is 2.87. The molecule has 0 aliphatic carbocycles. The first-order valence-corrected chi connectivity index (χ1v) is 7.42. The number of nitro benzene ring substituents is 1. The first-order valence-electron chi connectivity index (χ1n) is 7.42. The smallest absolute Gasteiger partial charge is 0.290 e. The van der Waals surface area contributed by atoms with Gasteiger partial charge in [-0.1, -0.05) is 0 Å². The Bertz CT molecular complexity index is 867. The van der Waals surface area contributed by atoms with Crippen molar-refractivity contribution >= 4 is 17.4 Å². The summed E-state index contributed by atoms with van der Waals surface area (Å²) in [6.45, 7) is 1.31. The lowest BCUT2D eigenvalue weighted by Crippen LogP contribution is -2.30. The molecule has 1 aromatic heterocycles. The van der Waals surface area contributed by atoms with E-state index < -0.39 is 28.4 Å². The van der Waals surface area contributed by atoms with Gasteiger partial charge in [-0.25, -0.2) is 0 Å². The lowest BCUT2D eigenvalue weighted by Gasteiger charge is -2.25. The maximum Gasteiger partial charge on any atom is 0.290 e. The summed E-state index contributed by atoms with van der Waals surface area (Å²) >= 11 is 0. The van der Waals surface area contributed by atoms with Crippen LogP contribution in [-0.2, 0) is 16.1 Å². The molecule has 25 heavy (non-hydrogen) atoms. The van der Waals surface area contributed by atoms with E-state index in [0.717, 1.165) is 0 Å². The number of aliphatic hydroxyl groups is 1. The van der Waals surface area contributed by atoms with E-state index in [1.807, 2.05) is 0 Å². The highest BCUT2D eigenvalue weighted by atomic mass is 16.6. The second-order valence-corrected chi connectivity index (χ2v) is 5.58. The Morgan fingerprint density at radius 3 is 2.52 bits per heavy atom. The van der Waals surface area contributed by atoms with E-state index in [0.29, 0.717) is 11.3 Å². The normalized spacial score (nSPS) is 17.2. The quantitative estimate of drug-likeness (QED) is 0.660. The molecule has 8 nitrogen and oxygen atoms in total. The van der Waals surface area contributed by atoms with Crippen molar-refractivity contribution in [2.45, 2.75) is 19.5 Å². The van der Waals surface area contributed by atoms with Crippen LogP contribution in [0.4, 0.5) is 5.69 Å². The number of furan rings is 1. The maximum absolute atomic E-state index is 12.4. The van der Waals surface area contributed by atoms with Gasteiger partial charge in [-0.15, -0.1) is 0 Å². The number of nitrogens with zero attached hydrogens (tertiary/aromatic N) is 2. The van der Waals surface area contributed by atoms with Crippen LogP contribution in [0.1, 0.15) is 24.3 Å². The number of ketones is 1. The van der Waals surface area contributed by atoms with Crippen LogP contribution in [0.3, 0.4) is 0 Å². The van der Waals surface area contributed by atoms with Gasteiger partial charge in [0.1, 0.15) is 5.76 Å². The third-order valence-corrected chi connectivity index (χ3v) is 4.01. The molecule has 1 aliphatic heterocycles. The fourth-order valence-electron chi connectivity index (χ4n) is 2.87. The Balaban J connectivity index is 2.04. The molecular weight excluding hydrogens is 328 g/mol. The number of hydrogen-bond acceptors (Lipinski definition) is 6. The summed E-state index contributed by atoms with van der Waals surface area (Å²) in [5.74, 6) is -1.26. The van der Waals surface area contributed by atoms with Crippen molar-refractivity contribution in [1.29, 1.82) is 0 Å². The minimum atomic E-state index is -0.837. The Hall–Kier alpha value is -3.42. The first kappa shape index (κ1) is 16.4. The fraction of sp³-hybridized carbons (Fsp3) is 0.176. The Morgan fingerprint density at radius 1 is 1.32 bits per heavy atom. The van der Waals surface area contributed by atoms with E-state index in [-0.39, 0.29) is 17.8 Å². The molecule has 1 atom stereocenters. The number of carbonyl (C=O) groups excluding carboxylic acids is 2. The molecular formula is C17H14N2O6. The van der Waals surface area contributed by atoms with Gasteiger partial charge in [0.15, 0.2) is 11.5 Å². The number of non-ortho nitro benzene ring substituents is 1. The zero-order chi connectivity index (χ0) is 18.1. The molecule has 8 heteroatoms. The van der Waals surface area contributed by atoms with Crippen molar-refractivity contribution in [3.05, 3.63) is 75.4 Å². The third-order valence-electron chi connectivity index (χ3n) is 4.01. The van der Waals surface area contributed by atoms with E-state index in [4.69, 9.17) is 4.42 Å². The van der Waals surface area contributed by atoms with Gasteiger partial charge < -0.3 is 14.4 Å². The predicted molar refractivity (Wildman–Crippen MR) is 85.4 cm³/mol. The lowest BCUT2D eigenvalue weighted by molar-refractivity contribution is -0.384. The van der Waals surface area contributed by atoms with E-state index in [1.54, 1.807) is 12.1 Å². The molecule has 1 aliphatic rings. The minimum Gasteiger partial charge on any atom is -0.503 e. The van der Waals surface area contributed by atoms with Crippen LogP contribution in [0.15, 0.2) is 58.4 Å². The monoisotopic (exact) mass is 342 g/mol. The summed E-state index contributed by atoms with van der Waals surface area (Å²) in [6, 6.07) is 8.00. The second kappa shape index (κ2) is 6.23. The highest BCUT2D eigenvalue weighted by molar-refractivity contribution is 6.08. The summed E-state index contributed by atoms with van der Waals surface area (Å²) < 4.78 is 5.24. The Labute approximate surface area is 142 Å². The van der Waals surface area contributed by atoms with Crippen molar-refractivity contribution in [3.63, 3.8) is 0 Å². The molecule has 0 spiro atoms. The van der Waals surface area contributed by atoms with Gasteiger partial charge in [0.05, 0.1) is 29.3 Å². The highest BCUT2D eigenvalue weighted by Crippen LogP contribution is 2.39. The minimum absolute atomic E-state index is 0.0367. The molecule has 0 saturated carbocycles. The van der Waals surface area contributed by atoms with Gasteiger partial charge in [-0.2, -0.15) is 0 Å². The van der Waals surface area contributed by atoms with Gasteiger partial charge >= 0.3 is 0 Å². The van der Waals surface area contributed by atoms with Crippen molar-refractivity contribution in [2.75, 3.05) is 0 Å². The average molecular weight is 342 g/mol. The van der Waals surface area contributed by atoms with Crippen LogP contribution in [0.2, 0.25) is 0 Å². The molecule has 0 saturated heterocycles. The summed E-state index contributed by atoms with van der Waals surface area (Å²) in [5, 5.41) is 20.9. The number of rotatable bonds is 5. The first-order chi connectivity index (χ1) is 11.9. The second-order valence-electron chi connectivity index (χ2n) is 5.58. The average Bonchev–Trinajstić information content (AvgIpc) is 3.17. The number of hydrogen-bond donors (Lipinski definition) is 1. The van der Waals surface area contributed by atoms with Gasteiger partial charge in [0.25, 0.3) is 11.6 Å². The van der Waals surface area contributed by atoms with Crippen LogP contribution in [0.5, 0.6) is 0 Å². The molecule has 2 heterocycles. The molecule has 1 aromatic carbocycles. The maximum atomic E-state index is 12.4. The Kier molecular flexibility index (Phi) is 4.10. The van der Waals surface area contributed by atoms with Crippen molar-refractivity contribution < 1.29 is 24.0 Å². The van der Waals surface area contributed by atoms with Crippen molar-refractivity contribution in [2.24, 2.45) is 0 Å². The van der Waals surface area contributed by atoms with Crippen LogP contribution < -0.4 is 0 Å². The predicted octanol–water partition coefficient (Wildman–Crippen LogP) is 2.67. The molecule has 0 fully saturated rings. The molecule has 0 radical (unpaired) electrons. The van der Waals surface area contributed by atoms with Crippen LogP contribution >= 0.6 is 0 Å². The largest absolute Gasteiger partial charge is 0.503 e. The number of benzene rings is 1. The van der Waals surface area contributed by atoms with Crippen molar-refractivity contribution in [1.82, 2.24) is 4.90 Å². The molecule has 1 amide bonds. The standard InChI is InChI=1S/C17H14N2O6/c1-10(20)14-15(11-4-6-12(7-5-11)19(23)24)18(17(22)16(14)21)9-13-3-2-8-25-13/h2-8,15,21H,9H2,1H3/t15-/m1/s1. The topological polar surface area (TPSA) is 114 Å². The van der Waals surface area contributed by atoms with E-state index in [1.165, 1.54) is 42.4 Å². The van der Waals surface area contributed by atoms with Gasteiger partial charge in [0, 0.05) is 12.1 Å². The molecule has 0 unspecified atom stereocenters. The number of amides is 1. The van der Waals surface area contributed by atoms with Gasteiger partial charge in [-0.3, -0.25) is 19.7 Å². The number of carbonyl (C=O) groups is 2. The van der Waals surface area contributed by atoms with Crippen molar-refractivity contribution in [3.8, 4) is 0 Å². The van der Waals surface area contributed by atoms with E-state index in [2.05, 4.69) is 0 Å². The van der Waals surface area contributed by atoms with Crippen LogP contribution in [0, 0.1) is 10.1 Å². The summed E-state index contributed by atoms with van der Waals surface area (Å²) in [5.41, 5.74) is 0.341. The molecule has 2 aromatic rings. The number of aliphatic hydroxyl groups excluding tert-OH is 1. The van der Waals surface area contributed by atoms with Gasteiger partial charge in [0.2, 0.25) is 0 Å². The SMILES string of the molecule is CC(=O)C1=C(O)C(=O)N(Cc2ccco2)[C@@H]1c1ccc([N+](=O)[O-])cc1. The number of nitro groups is 1. The zero-order valence-corrected chi connectivity index (χ0v) is 13.2. The number of Topliss-reactive ketones (excluding diaryl/α,β-unsaturated/α-hetero) is 1. The highest BCUT2D eigenvalue weighted by Gasteiger charge is 2.42. The lowest BCUT2D eigenvalue weighted by atomic mass is 9.96. The van der Waals surface area contributed by atoms with E-state index in [9.17, 15) is 24.8 Å².